The topological polar surface area (TPSA) is 85.2 Å². The Labute approximate surface area is 167 Å². The average Bonchev–Trinajstić information content (AvgIpc) is 3.18. The number of anilines is 1. The molecule has 1 fully saturated rings. The summed E-state index contributed by atoms with van der Waals surface area (Å²) in [5.74, 6) is 1.71. The maximum absolute atomic E-state index is 13.0. The van der Waals surface area contributed by atoms with Gasteiger partial charge >= 0.3 is 0 Å². The minimum atomic E-state index is -2.65. The second-order valence-corrected chi connectivity index (χ2v) is 6.41. The smallest absolute Gasteiger partial charge is 0.281 e. The molecule has 150 valence electrons. The van der Waals surface area contributed by atoms with Crippen LogP contribution in [0.5, 0.6) is 0 Å². The van der Waals surface area contributed by atoms with Gasteiger partial charge in [0, 0.05) is 25.5 Å². The molecule has 4 heterocycles. The van der Waals surface area contributed by atoms with Crippen LogP contribution in [0.3, 0.4) is 0 Å². The zero-order chi connectivity index (χ0) is 20.1. The third-order valence-electron chi connectivity index (χ3n) is 4.69. The van der Waals surface area contributed by atoms with Crippen LogP contribution in [0.1, 0.15) is 25.0 Å². The number of imidazole rings is 1. The number of hydrogen-bond donors (Lipinski definition) is 2. The number of piperidine rings is 1. The van der Waals surface area contributed by atoms with E-state index in [4.69, 9.17) is 5.73 Å². The van der Waals surface area contributed by atoms with Crippen molar-refractivity contribution in [3.8, 4) is 11.5 Å². The molecule has 2 N–H and O–H groups in total. The zero-order valence-electron chi connectivity index (χ0n) is 15.5. The van der Waals surface area contributed by atoms with Crippen molar-refractivity contribution in [2.24, 2.45) is 11.7 Å². The molecule has 1 atom stereocenters. The second-order valence-electron chi connectivity index (χ2n) is 6.41. The van der Waals surface area contributed by atoms with Gasteiger partial charge in [0.2, 0.25) is 0 Å². The molecule has 3 aromatic heterocycles. The number of fused-ring (bicyclic) bond motifs is 1. The monoisotopic (exact) mass is 407 g/mol. The van der Waals surface area contributed by atoms with E-state index in [9.17, 15) is 8.78 Å². The van der Waals surface area contributed by atoms with E-state index in [0.717, 1.165) is 31.7 Å². The summed E-state index contributed by atoms with van der Waals surface area (Å²) < 4.78 is 27.5. The Kier molecular flexibility index (Phi) is 6.74. The van der Waals surface area contributed by atoms with Crippen LogP contribution in [-0.4, -0.2) is 50.2 Å². The first-order valence-corrected chi connectivity index (χ1v) is 9.89. The normalized spacial score (nSPS) is 16.9. The molecule has 0 radical (unpaired) electrons. The summed E-state index contributed by atoms with van der Waals surface area (Å²) in [7, 11) is 0. The van der Waals surface area contributed by atoms with Crippen molar-refractivity contribution in [3.05, 3.63) is 36.5 Å². The predicted molar refractivity (Wildman–Crippen MR) is 108 cm³/mol. The predicted octanol–water partition coefficient (Wildman–Crippen LogP) is 2.85. The highest BCUT2D eigenvalue weighted by atomic mass is 32.1. The molecule has 10 heteroatoms. The van der Waals surface area contributed by atoms with Crippen LogP contribution in [0.2, 0.25) is 0 Å². The fourth-order valence-corrected chi connectivity index (χ4v) is 3.30. The van der Waals surface area contributed by atoms with Crippen LogP contribution < -0.4 is 10.6 Å². The third kappa shape index (κ3) is 4.22. The van der Waals surface area contributed by atoms with Gasteiger partial charge in [-0.1, -0.05) is 0 Å². The Morgan fingerprint density at radius 1 is 1.25 bits per heavy atom. The minimum Gasteiger partial charge on any atom is -0.356 e. The third-order valence-corrected chi connectivity index (χ3v) is 4.69. The molecule has 0 amide bonds. The zero-order valence-corrected chi connectivity index (χ0v) is 16.4. The van der Waals surface area contributed by atoms with Gasteiger partial charge in [0.05, 0.1) is 12.4 Å². The molecule has 7 nitrogen and oxygen atoms in total. The number of nitrogens with zero attached hydrogens (tertiary/aromatic N) is 6. The highest BCUT2D eigenvalue weighted by Gasteiger charge is 2.21. The molecule has 0 aromatic carbocycles. The van der Waals surface area contributed by atoms with Crippen LogP contribution in [0.15, 0.2) is 30.9 Å². The number of alkyl halides is 2. The Morgan fingerprint density at radius 2 is 2.07 bits per heavy atom. The molecule has 0 spiro atoms. The van der Waals surface area contributed by atoms with Gasteiger partial charge in [-0.25, -0.2) is 28.7 Å². The van der Waals surface area contributed by atoms with E-state index in [1.54, 1.807) is 23.1 Å². The fraction of sp³-hybridized carbons (Fsp3) is 0.444. The van der Waals surface area contributed by atoms with Crippen molar-refractivity contribution in [2.75, 3.05) is 30.8 Å². The molecular weight excluding hydrogens is 384 g/mol. The van der Waals surface area contributed by atoms with Gasteiger partial charge in [-0.2, -0.15) is 12.6 Å². The quantitative estimate of drug-likeness (QED) is 0.647. The van der Waals surface area contributed by atoms with Crippen molar-refractivity contribution in [2.45, 2.75) is 19.3 Å². The first-order chi connectivity index (χ1) is 13.7. The van der Waals surface area contributed by atoms with Gasteiger partial charge in [0.25, 0.3) is 6.43 Å². The minimum absolute atomic E-state index is 0.310. The lowest BCUT2D eigenvalue weighted by atomic mass is 9.98. The number of halogens is 2. The van der Waals surface area contributed by atoms with E-state index < -0.39 is 6.43 Å². The maximum Gasteiger partial charge on any atom is 0.281 e. The summed E-state index contributed by atoms with van der Waals surface area (Å²) in [4.78, 5) is 19.1. The molecule has 0 saturated carbocycles. The van der Waals surface area contributed by atoms with Crippen LogP contribution >= 0.6 is 12.6 Å². The maximum atomic E-state index is 13.0. The second kappa shape index (κ2) is 9.24. The van der Waals surface area contributed by atoms with E-state index in [0.29, 0.717) is 29.6 Å². The highest BCUT2D eigenvalue weighted by molar-refractivity contribution is 7.79. The number of aromatic nitrogens is 5. The Morgan fingerprint density at radius 3 is 2.82 bits per heavy atom. The van der Waals surface area contributed by atoms with Gasteiger partial charge in [0.1, 0.15) is 17.2 Å². The molecule has 1 unspecified atom stereocenters. The fourth-order valence-electron chi connectivity index (χ4n) is 3.30. The van der Waals surface area contributed by atoms with Crippen molar-refractivity contribution < 1.29 is 8.78 Å². The van der Waals surface area contributed by atoms with Gasteiger partial charge in [-0.05, 0) is 37.6 Å². The summed E-state index contributed by atoms with van der Waals surface area (Å²) in [6, 6.07) is 1.86. The lowest BCUT2D eigenvalue weighted by molar-refractivity contribution is 0.145. The molecule has 4 rings (SSSR count). The van der Waals surface area contributed by atoms with Crippen molar-refractivity contribution in [1.29, 1.82) is 0 Å². The average molecular weight is 407 g/mol. The Bertz CT molecular complexity index is 918. The molecular formula is C18H23F2N7S. The van der Waals surface area contributed by atoms with Gasteiger partial charge < -0.3 is 10.6 Å². The van der Waals surface area contributed by atoms with E-state index in [2.05, 4.69) is 37.5 Å². The first kappa shape index (κ1) is 20.4. The molecule has 0 aliphatic carbocycles. The molecule has 0 bridgehead atoms. The summed E-state index contributed by atoms with van der Waals surface area (Å²) in [6.07, 6.45) is 7.10. The van der Waals surface area contributed by atoms with E-state index in [1.807, 2.05) is 6.07 Å². The number of rotatable bonds is 4. The molecule has 3 aromatic rings. The number of nitrogens with two attached hydrogens (primary N) is 1. The van der Waals surface area contributed by atoms with Crippen LogP contribution in [0, 0.1) is 5.92 Å². The van der Waals surface area contributed by atoms with Gasteiger partial charge in [-0.3, -0.25) is 4.40 Å². The van der Waals surface area contributed by atoms with Crippen molar-refractivity contribution in [1.82, 2.24) is 24.3 Å². The lowest BCUT2D eigenvalue weighted by Crippen LogP contribution is -2.38. The van der Waals surface area contributed by atoms with E-state index >= 15 is 0 Å². The van der Waals surface area contributed by atoms with Gasteiger partial charge in [0.15, 0.2) is 11.5 Å². The van der Waals surface area contributed by atoms with Gasteiger partial charge in [-0.15, -0.1) is 0 Å². The lowest BCUT2D eigenvalue weighted by Gasteiger charge is -2.33. The number of thiol groups is 1. The van der Waals surface area contributed by atoms with Crippen LogP contribution in [0.4, 0.5) is 14.6 Å². The molecule has 1 aliphatic heterocycles. The summed E-state index contributed by atoms with van der Waals surface area (Å²) in [5.41, 5.74) is 6.53. The van der Waals surface area contributed by atoms with Crippen molar-refractivity contribution >= 4 is 24.1 Å². The summed E-state index contributed by atoms with van der Waals surface area (Å²) >= 11 is 3.53. The highest BCUT2D eigenvalue weighted by Crippen LogP contribution is 2.25. The largest absolute Gasteiger partial charge is 0.356 e. The van der Waals surface area contributed by atoms with E-state index in [-0.39, 0.29) is 5.69 Å². The standard InChI is InChI=1S/C17H19F2N7.CH4S/c18-16(19)12-10-26-13(7-23-15(26)8-22-12)17-21-4-3-14(24-17)25-5-1-2-11(6-20)9-25;1-2/h3-4,7-8,10-11,16H,1-2,5-6,9,20H2;2H,1H3. The summed E-state index contributed by atoms with van der Waals surface area (Å²) in [6.45, 7) is 2.43. The summed E-state index contributed by atoms with van der Waals surface area (Å²) in [5, 5.41) is 0. The van der Waals surface area contributed by atoms with Crippen molar-refractivity contribution in [3.63, 3.8) is 0 Å². The van der Waals surface area contributed by atoms with Crippen LogP contribution in [0.25, 0.3) is 17.2 Å². The number of hydrogen-bond acceptors (Lipinski definition) is 7. The molecule has 1 aliphatic rings. The Balaban J connectivity index is 0.00000109. The van der Waals surface area contributed by atoms with Crippen LogP contribution in [-0.2, 0) is 0 Å². The molecule has 28 heavy (non-hydrogen) atoms. The Hall–Kier alpha value is -2.33. The first-order valence-electron chi connectivity index (χ1n) is 9.00. The SMILES string of the molecule is CS.NCC1CCCN(c2ccnc(-c3cnc4cnc(C(F)F)cn34)n2)C1. The van der Waals surface area contributed by atoms with E-state index in [1.165, 1.54) is 12.4 Å². The molecule has 1 saturated heterocycles.